The number of nitrogens with zero attached hydrogens (tertiary/aromatic N) is 2. The summed E-state index contributed by atoms with van der Waals surface area (Å²) in [6.45, 7) is 2.95. The Labute approximate surface area is 129 Å². The Bertz CT molecular complexity index is 667. The summed E-state index contributed by atoms with van der Waals surface area (Å²) in [7, 11) is 0. The van der Waals surface area contributed by atoms with E-state index >= 15 is 0 Å². The highest BCUT2D eigenvalue weighted by molar-refractivity contribution is 6.35. The lowest BCUT2D eigenvalue weighted by atomic mass is 10.2. The first-order valence-corrected chi connectivity index (χ1v) is 7.94. The number of para-hydroxylation sites is 1. The Hall–Kier alpha value is -1.61. The van der Waals surface area contributed by atoms with Gasteiger partial charge in [0, 0.05) is 18.0 Å². The van der Waals surface area contributed by atoms with Gasteiger partial charge < -0.3 is 4.90 Å². The average molecular weight is 303 g/mol. The zero-order chi connectivity index (χ0) is 14.8. The lowest BCUT2D eigenvalue weighted by molar-refractivity contribution is 0.0735. The standard InChI is InChI=1S/C17H19ClN2O/c1-2-3-10-20(12-8-9-12)17(21)16-11-14(18)13-6-4-5-7-15(13)19-16/h4-7,11-12H,2-3,8-10H2,1H3. The SMILES string of the molecule is CCCCN(C(=O)c1cc(Cl)c2ccccc2n1)C1CC1. The summed E-state index contributed by atoms with van der Waals surface area (Å²) in [5, 5.41) is 1.48. The number of carbonyl (C=O) groups excluding carboxylic acids is 1. The van der Waals surface area contributed by atoms with Gasteiger partial charge in [0.25, 0.3) is 5.91 Å². The third-order valence-electron chi connectivity index (χ3n) is 3.89. The summed E-state index contributed by atoms with van der Waals surface area (Å²) >= 11 is 6.30. The Balaban J connectivity index is 1.92. The fourth-order valence-electron chi connectivity index (χ4n) is 2.55. The van der Waals surface area contributed by atoms with Gasteiger partial charge in [-0.25, -0.2) is 4.98 Å². The number of hydrogen-bond acceptors (Lipinski definition) is 2. The number of halogens is 1. The van der Waals surface area contributed by atoms with Crippen molar-refractivity contribution in [1.29, 1.82) is 0 Å². The molecule has 0 bridgehead atoms. The van der Waals surface area contributed by atoms with Crippen LogP contribution in [0.4, 0.5) is 0 Å². The smallest absolute Gasteiger partial charge is 0.272 e. The van der Waals surface area contributed by atoms with Crippen molar-refractivity contribution in [1.82, 2.24) is 9.88 Å². The molecule has 1 aliphatic carbocycles. The molecule has 21 heavy (non-hydrogen) atoms. The zero-order valence-electron chi connectivity index (χ0n) is 12.2. The summed E-state index contributed by atoms with van der Waals surface area (Å²) in [6.07, 6.45) is 4.33. The Morgan fingerprint density at radius 3 is 2.86 bits per heavy atom. The summed E-state index contributed by atoms with van der Waals surface area (Å²) in [4.78, 5) is 19.2. The van der Waals surface area contributed by atoms with Crippen molar-refractivity contribution < 1.29 is 4.79 Å². The van der Waals surface area contributed by atoms with E-state index in [-0.39, 0.29) is 5.91 Å². The summed E-state index contributed by atoms with van der Waals surface area (Å²) in [5.74, 6) is 0.0126. The molecular weight excluding hydrogens is 284 g/mol. The maximum atomic E-state index is 12.7. The molecule has 1 aromatic heterocycles. The number of rotatable bonds is 5. The minimum Gasteiger partial charge on any atom is -0.334 e. The number of aromatic nitrogens is 1. The van der Waals surface area contributed by atoms with E-state index in [2.05, 4.69) is 11.9 Å². The molecule has 0 radical (unpaired) electrons. The predicted octanol–water partition coefficient (Wildman–Crippen LogP) is 4.29. The molecule has 0 spiro atoms. The number of pyridine rings is 1. The molecule has 1 aliphatic rings. The molecule has 1 heterocycles. The van der Waals surface area contributed by atoms with Gasteiger partial charge >= 0.3 is 0 Å². The first-order valence-electron chi connectivity index (χ1n) is 7.57. The van der Waals surface area contributed by atoms with E-state index < -0.39 is 0 Å². The van der Waals surface area contributed by atoms with Gasteiger partial charge in [0.2, 0.25) is 0 Å². The van der Waals surface area contributed by atoms with Crippen molar-refractivity contribution >= 4 is 28.4 Å². The highest BCUT2D eigenvalue weighted by Crippen LogP contribution is 2.30. The predicted molar refractivity (Wildman–Crippen MR) is 85.7 cm³/mol. The van der Waals surface area contributed by atoms with Gasteiger partial charge in [0.15, 0.2) is 0 Å². The van der Waals surface area contributed by atoms with E-state index in [1.807, 2.05) is 29.2 Å². The minimum absolute atomic E-state index is 0.0126. The lowest BCUT2D eigenvalue weighted by Gasteiger charge is -2.22. The van der Waals surface area contributed by atoms with Crippen molar-refractivity contribution in [3.63, 3.8) is 0 Å². The van der Waals surface area contributed by atoms with Crippen molar-refractivity contribution in [2.75, 3.05) is 6.54 Å². The van der Waals surface area contributed by atoms with E-state index in [0.717, 1.165) is 43.1 Å². The van der Waals surface area contributed by atoms with Gasteiger partial charge in [0.1, 0.15) is 5.69 Å². The average Bonchev–Trinajstić information content (AvgIpc) is 3.32. The topological polar surface area (TPSA) is 33.2 Å². The fraction of sp³-hybridized carbons (Fsp3) is 0.412. The quantitative estimate of drug-likeness (QED) is 0.825. The molecule has 1 aromatic carbocycles. The number of benzene rings is 1. The van der Waals surface area contributed by atoms with Crippen LogP contribution in [-0.4, -0.2) is 28.4 Å². The van der Waals surface area contributed by atoms with Crippen LogP contribution < -0.4 is 0 Å². The van der Waals surface area contributed by atoms with Crippen LogP contribution >= 0.6 is 11.6 Å². The Morgan fingerprint density at radius 1 is 1.38 bits per heavy atom. The number of unbranched alkanes of at least 4 members (excludes halogenated alkanes) is 1. The second kappa shape index (κ2) is 6.02. The van der Waals surface area contributed by atoms with Crippen LogP contribution in [-0.2, 0) is 0 Å². The molecule has 2 aromatic rings. The van der Waals surface area contributed by atoms with Crippen LogP contribution in [0.1, 0.15) is 43.1 Å². The maximum absolute atomic E-state index is 12.7. The van der Waals surface area contributed by atoms with Gasteiger partial charge in [-0.2, -0.15) is 0 Å². The van der Waals surface area contributed by atoms with Crippen molar-refractivity contribution in [2.24, 2.45) is 0 Å². The summed E-state index contributed by atoms with van der Waals surface area (Å²) in [6, 6.07) is 9.76. The van der Waals surface area contributed by atoms with Crippen LogP contribution in [0.2, 0.25) is 5.02 Å². The number of hydrogen-bond donors (Lipinski definition) is 0. The largest absolute Gasteiger partial charge is 0.334 e. The maximum Gasteiger partial charge on any atom is 0.272 e. The first-order chi connectivity index (χ1) is 10.2. The third kappa shape index (κ3) is 3.03. The van der Waals surface area contributed by atoms with E-state index in [1.165, 1.54) is 0 Å². The van der Waals surface area contributed by atoms with Gasteiger partial charge in [-0.1, -0.05) is 43.1 Å². The molecule has 110 valence electrons. The molecule has 0 atom stereocenters. The minimum atomic E-state index is 0.0126. The van der Waals surface area contributed by atoms with Crippen molar-refractivity contribution in [3.05, 3.63) is 41.0 Å². The lowest BCUT2D eigenvalue weighted by Crippen LogP contribution is -2.34. The molecule has 3 rings (SSSR count). The Kier molecular flexibility index (Phi) is 4.11. The van der Waals surface area contributed by atoms with Crippen LogP contribution in [0.25, 0.3) is 10.9 Å². The van der Waals surface area contributed by atoms with E-state index in [1.54, 1.807) is 6.07 Å². The molecule has 1 fully saturated rings. The van der Waals surface area contributed by atoms with Crippen molar-refractivity contribution in [3.8, 4) is 0 Å². The monoisotopic (exact) mass is 302 g/mol. The van der Waals surface area contributed by atoms with Gasteiger partial charge in [0.05, 0.1) is 10.5 Å². The second-order valence-electron chi connectivity index (χ2n) is 5.59. The molecule has 1 amide bonds. The van der Waals surface area contributed by atoms with Crippen LogP contribution in [0.5, 0.6) is 0 Å². The molecule has 1 saturated carbocycles. The van der Waals surface area contributed by atoms with E-state index in [0.29, 0.717) is 16.8 Å². The van der Waals surface area contributed by atoms with E-state index in [4.69, 9.17) is 11.6 Å². The number of carbonyl (C=O) groups is 1. The first kappa shape index (κ1) is 14.3. The highest BCUT2D eigenvalue weighted by Gasteiger charge is 2.33. The molecule has 0 unspecified atom stereocenters. The molecule has 0 N–H and O–H groups in total. The van der Waals surface area contributed by atoms with Crippen LogP contribution in [0.15, 0.2) is 30.3 Å². The number of fused-ring (bicyclic) bond motifs is 1. The van der Waals surface area contributed by atoms with E-state index in [9.17, 15) is 4.79 Å². The second-order valence-corrected chi connectivity index (χ2v) is 6.00. The summed E-state index contributed by atoms with van der Waals surface area (Å²) in [5.41, 5.74) is 1.24. The third-order valence-corrected chi connectivity index (χ3v) is 4.20. The normalized spacial score (nSPS) is 14.4. The molecular formula is C17H19ClN2O. The molecule has 0 aliphatic heterocycles. The number of amides is 1. The summed E-state index contributed by atoms with van der Waals surface area (Å²) < 4.78 is 0. The van der Waals surface area contributed by atoms with Crippen LogP contribution in [0.3, 0.4) is 0 Å². The molecule has 4 heteroatoms. The Morgan fingerprint density at radius 2 is 2.14 bits per heavy atom. The van der Waals surface area contributed by atoms with Gasteiger partial charge in [-0.15, -0.1) is 0 Å². The van der Waals surface area contributed by atoms with Crippen molar-refractivity contribution in [2.45, 2.75) is 38.6 Å². The zero-order valence-corrected chi connectivity index (χ0v) is 12.9. The van der Waals surface area contributed by atoms with Gasteiger partial charge in [-0.3, -0.25) is 4.79 Å². The molecule has 0 saturated heterocycles. The fourth-order valence-corrected chi connectivity index (χ4v) is 2.82. The molecule has 3 nitrogen and oxygen atoms in total. The van der Waals surface area contributed by atoms with Gasteiger partial charge in [-0.05, 0) is 31.4 Å². The van der Waals surface area contributed by atoms with Crippen LogP contribution in [0, 0.1) is 0 Å². The highest BCUT2D eigenvalue weighted by atomic mass is 35.5.